The summed E-state index contributed by atoms with van der Waals surface area (Å²) in [5.74, 6) is 0.101. The summed E-state index contributed by atoms with van der Waals surface area (Å²) in [7, 11) is 1.63. The van der Waals surface area contributed by atoms with Crippen molar-refractivity contribution in [2.75, 3.05) is 12.0 Å². The second kappa shape index (κ2) is 7.68. The van der Waals surface area contributed by atoms with E-state index in [2.05, 4.69) is 17.0 Å². The Labute approximate surface area is 216 Å². The third-order valence-corrected chi connectivity index (χ3v) is 9.91. The molecule has 6 aliphatic rings. The molecular formula is C29H29N5O3. The van der Waals surface area contributed by atoms with Crippen molar-refractivity contribution in [1.82, 2.24) is 4.90 Å². The number of hydrogen-bond acceptors (Lipinski definition) is 7. The average Bonchev–Trinajstić information content (AvgIpc) is 2.92. The molecule has 6 atom stereocenters. The van der Waals surface area contributed by atoms with Gasteiger partial charge >= 0.3 is 0 Å². The first-order chi connectivity index (χ1) is 18.0. The lowest BCUT2D eigenvalue weighted by molar-refractivity contribution is -0.153. The van der Waals surface area contributed by atoms with Crippen molar-refractivity contribution in [1.29, 1.82) is 10.5 Å². The van der Waals surface area contributed by atoms with E-state index in [4.69, 9.17) is 9.73 Å². The maximum Gasteiger partial charge on any atom is 0.251 e. The summed E-state index contributed by atoms with van der Waals surface area (Å²) in [4.78, 5) is 37.2. The van der Waals surface area contributed by atoms with E-state index >= 15 is 0 Å². The van der Waals surface area contributed by atoms with Gasteiger partial charge in [0.15, 0.2) is 5.78 Å². The molecule has 3 aliphatic heterocycles. The van der Waals surface area contributed by atoms with Gasteiger partial charge < -0.3 is 9.64 Å². The smallest absolute Gasteiger partial charge is 0.251 e. The van der Waals surface area contributed by atoms with Gasteiger partial charge in [0, 0.05) is 29.5 Å². The highest BCUT2D eigenvalue weighted by Crippen LogP contribution is 2.68. The van der Waals surface area contributed by atoms with Crippen LogP contribution in [0.5, 0.6) is 5.75 Å². The third-order valence-electron chi connectivity index (χ3n) is 9.91. The number of ketones is 1. The quantitative estimate of drug-likeness (QED) is 0.611. The monoisotopic (exact) mass is 495 g/mol. The molecule has 1 aromatic carbocycles. The van der Waals surface area contributed by atoms with E-state index in [1.807, 2.05) is 24.3 Å². The summed E-state index contributed by atoms with van der Waals surface area (Å²) in [6, 6.07) is 12.9. The minimum atomic E-state index is -1.41. The number of nitriles is 2. The Bertz CT molecular complexity index is 1370. The average molecular weight is 496 g/mol. The zero-order valence-corrected chi connectivity index (χ0v) is 20.9. The van der Waals surface area contributed by atoms with Crippen molar-refractivity contribution < 1.29 is 14.3 Å². The Hall–Kier alpha value is -3.65. The van der Waals surface area contributed by atoms with Crippen molar-refractivity contribution in [2.24, 2.45) is 27.7 Å². The summed E-state index contributed by atoms with van der Waals surface area (Å²) < 4.78 is 5.35. The Balaban J connectivity index is 1.50. The number of amides is 1. The first-order valence-electron chi connectivity index (χ1n) is 13.5. The maximum absolute atomic E-state index is 14.7. The molecule has 7 rings (SSSR count). The molecule has 8 heteroatoms. The van der Waals surface area contributed by atoms with Gasteiger partial charge in [0.05, 0.1) is 19.2 Å². The first-order valence-corrected chi connectivity index (χ1v) is 13.5. The van der Waals surface area contributed by atoms with Crippen LogP contribution in [-0.2, 0) is 9.59 Å². The molecule has 0 spiro atoms. The molecule has 1 amide bonds. The van der Waals surface area contributed by atoms with E-state index in [0.717, 1.165) is 42.7 Å². The largest absolute Gasteiger partial charge is 0.497 e. The van der Waals surface area contributed by atoms with Crippen LogP contribution in [0, 0.1) is 45.3 Å². The topological polar surface area (TPSA) is 110 Å². The van der Waals surface area contributed by atoms with E-state index in [1.54, 1.807) is 12.0 Å². The highest BCUT2D eigenvalue weighted by molar-refractivity contribution is 6.15. The number of rotatable bonds is 2. The van der Waals surface area contributed by atoms with Crippen molar-refractivity contribution in [3.8, 4) is 17.9 Å². The lowest BCUT2D eigenvalue weighted by atomic mass is 9.41. The van der Waals surface area contributed by atoms with Crippen LogP contribution in [0.4, 0.5) is 5.69 Å². The predicted octanol–water partition coefficient (Wildman–Crippen LogP) is 4.09. The van der Waals surface area contributed by atoms with Crippen LogP contribution in [0.3, 0.4) is 0 Å². The SMILES string of the molecule is COc1ccc(N2C3CCCC2N2C(=O)C4(C#N)C5CCCC4C(C#N)(C2=N3)C2=C5C(=O)CCC2)cc1. The molecule has 6 unspecified atom stereocenters. The molecule has 0 aromatic heterocycles. The molecule has 6 bridgehead atoms. The van der Waals surface area contributed by atoms with Gasteiger partial charge in [-0.1, -0.05) is 6.42 Å². The highest BCUT2D eigenvalue weighted by Gasteiger charge is 2.75. The molecular weight excluding hydrogens is 466 g/mol. The third kappa shape index (κ3) is 2.54. The van der Waals surface area contributed by atoms with Gasteiger partial charge in [-0.3, -0.25) is 14.5 Å². The van der Waals surface area contributed by atoms with Crippen LogP contribution in [0.1, 0.15) is 57.8 Å². The summed E-state index contributed by atoms with van der Waals surface area (Å²) in [6.45, 7) is 0. The molecule has 37 heavy (non-hydrogen) atoms. The molecule has 3 fully saturated rings. The van der Waals surface area contributed by atoms with Crippen LogP contribution >= 0.6 is 0 Å². The molecule has 1 saturated carbocycles. The second-order valence-corrected chi connectivity index (χ2v) is 11.2. The number of fused-ring (bicyclic) bond motifs is 7. The van der Waals surface area contributed by atoms with Crippen LogP contribution in [-0.4, -0.2) is 41.9 Å². The van der Waals surface area contributed by atoms with Gasteiger partial charge in [-0.25, -0.2) is 4.99 Å². The summed E-state index contributed by atoms with van der Waals surface area (Å²) in [5, 5.41) is 21.8. The normalized spacial score (nSPS) is 37.6. The van der Waals surface area contributed by atoms with E-state index in [1.165, 1.54) is 0 Å². The number of Topliss-reactive ketones (excluding diaryl/α,β-unsaturated/α-hetero) is 1. The highest BCUT2D eigenvalue weighted by atomic mass is 16.5. The number of amidine groups is 1. The number of anilines is 1. The fourth-order valence-corrected chi connectivity index (χ4v) is 8.54. The number of carbonyl (C=O) groups excluding carboxylic acids is 2. The number of benzene rings is 1. The minimum Gasteiger partial charge on any atom is -0.497 e. The van der Waals surface area contributed by atoms with Crippen molar-refractivity contribution in [3.63, 3.8) is 0 Å². The van der Waals surface area contributed by atoms with Gasteiger partial charge in [0.25, 0.3) is 5.91 Å². The van der Waals surface area contributed by atoms with E-state index in [0.29, 0.717) is 43.5 Å². The fraction of sp³-hybridized carbons (Fsp3) is 0.552. The summed E-state index contributed by atoms with van der Waals surface area (Å²) >= 11 is 0. The predicted molar refractivity (Wildman–Crippen MR) is 134 cm³/mol. The maximum atomic E-state index is 14.7. The lowest BCUT2D eigenvalue weighted by Gasteiger charge is -2.65. The van der Waals surface area contributed by atoms with Gasteiger partial charge in [0.1, 0.15) is 34.7 Å². The zero-order chi connectivity index (χ0) is 25.5. The van der Waals surface area contributed by atoms with Gasteiger partial charge in [-0.05, 0) is 74.8 Å². The standard InChI is InChI=1S/C29H29N5O3/c1-37-18-13-11-17(12-14-18)33-23-9-4-10-24(33)34-26(32-23)28(15-30)19-5-2-7-21(35)25(19)20-6-3-8-22(28)29(20,16-31)27(34)36/h11-14,20,22-24H,2-10H2,1H3. The van der Waals surface area contributed by atoms with Gasteiger partial charge in [-0.15, -0.1) is 0 Å². The van der Waals surface area contributed by atoms with Crippen LogP contribution in [0.2, 0.25) is 0 Å². The number of piperidine rings is 2. The minimum absolute atomic E-state index is 0.0172. The Morgan fingerprint density at radius 3 is 2.51 bits per heavy atom. The van der Waals surface area contributed by atoms with Crippen molar-refractivity contribution >= 4 is 23.2 Å². The van der Waals surface area contributed by atoms with E-state index < -0.39 is 22.7 Å². The van der Waals surface area contributed by atoms with E-state index in [9.17, 15) is 20.1 Å². The zero-order valence-electron chi connectivity index (χ0n) is 20.9. The number of ether oxygens (including phenoxy) is 1. The van der Waals surface area contributed by atoms with Crippen LogP contribution in [0.25, 0.3) is 0 Å². The molecule has 2 saturated heterocycles. The van der Waals surface area contributed by atoms with Gasteiger partial charge in [0.2, 0.25) is 0 Å². The van der Waals surface area contributed by atoms with Crippen molar-refractivity contribution in [2.45, 2.75) is 70.1 Å². The number of allylic oxidation sites excluding steroid dienone is 1. The first kappa shape index (κ1) is 22.5. The molecule has 1 aromatic rings. The number of aliphatic imine (C=N–C) groups is 1. The number of nitrogens with zero attached hydrogens (tertiary/aromatic N) is 5. The second-order valence-electron chi connectivity index (χ2n) is 11.2. The van der Waals surface area contributed by atoms with Crippen molar-refractivity contribution in [3.05, 3.63) is 35.4 Å². The summed E-state index contributed by atoms with van der Waals surface area (Å²) in [5.41, 5.74) is -0.199. The molecule has 3 heterocycles. The Morgan fingerprint density at radius 1 is 1.00 bits per heavy atom. The Morgan fingerprint density at radius 2 is 1.78 bits per heavy atom. The lowest BCUT2D eigenvalue weighted by Crippen LogP contribution is -2.76. The molecule has 0 radical (unpaired) electrons. The summed E-state index contributed by atoms with van der Waals surface area (Å²) in [6.07, 6.45) is 5.76. The van der Waals surface area contributed by atoms with E-state index in [-0.39, 0.29) is 24.0 Å². The van der Waals surface area contributed by atoms with Crippen LogP contribution in [0.15, 0.2) is 40.4 Å². The fourth-order valence-electron chi connectivity index (χ4n) is 8.54. The molecule has 188 valence electrons. The molecule has 8 nitrogen and oxygen atoms in total. The molecule has 0 N–H and O–H groups in total. The Kier molecular flexibility index (Phi) is 4.68. The number of methoxy groups -OCH3 is 1. The van der Waals surface area contributed by atoms with Crippen LogP contribution < -0.4 is 9.64 Å². The molecule has 3 aliphatic carbocycles. The van der Waals surface area contributed by atoms with Gasteiger partial charge in [-0.2, -0.15) is 10.5 Å². The number of hydrogen-bond donors (Lipinski definition) is 0. The number of carbonyl (C=O) groups is 2.